The molecule has 82 valence electrons. The van der Waals surface area contributed by atoms with Gasteiger partial charge < -0.3 is 11.1 Å². The first-order chi connectivity index (χ1) is 7.66. The van der Waals surface area contributed by atoms with Crippen LogP contribution in [0.15, 0.2) is 29.9 Å². The number of halogens is 1. The lowest BCUT2D eigenvalue weighted by molar-refractivity contribution is 0.103. The number of aromatic nitrogens is 1. The molecule has 1 aromatic heterocycles. The summed E-state index contributed by atoms with van der Waals surface area (Å²) in [7, 11) is 0. The number of nitrogens with one attached hydrogen (secondary N) is 1. The monoisotopic (exact) mass is 237 g/mol. The zero-order valence-corrected chi connectivity index (χ0v) is 8.92. The van der Waals surface area contributed by atoms with Gasteiger partial charge in [0.15, 0.2) is 0 Å². The minimum Gasteiger partial charge on any atom is -0.397 e. The molecule has 6 heteroatoms. The van der Waals surface area contributed by atoms with Gasteiger partial charge in [-0.3, -0.25) is 9.78 Å². The Hall–Kier alpha value is -1.95. The van der Waals surface area contributed by atoms with E-state index in [9.17, 15) is 9.18 Å². The molecule has 4 nitrogen and oxygen atoms in total. The Morgan fingerprint density at radius 2 is 2.31 bits per heavy atom. The predicted molar refractivity (Wildman–Crippen MR) is 60.9 cm³/mol. The third-order valence-corrected chi connectivity index (χ3v) is 2.69. The van der Waals surface area contributed by atoms with Crippen LogP contribution < -0.4 is 11.1 Å². The fourth-order valence-electron chi connectivity index (χ4n) is 1.15. The number of hydrogen-bond donors (Lipinski definition) is 2. The number of carbonyl (C=O) groups excluding carboxylic acids is 1. The van der Waals surface area contributed by atoms with E-state index in [0.29, 0.717) is 10.6 Å². The van der Waals surface area contributed by atoms with E-state index in [0.717, 1.165) is 0 Å². The molecule has 2 aromatic rings. The van der Waals surface area contributed by atoms with Crippen molar-refractivity contribution in [3.05, 3.63) is 40.6 Å². The van der Waals surface area contributed by atoms with Crippen molar-refractivity contribution in [2.24, 2.45) is 0 Å². The SMILES string of the molecule is Nc1ccc(F)cc1NC(=O)c1cncs1. The quantitative estimate of drug-likeness (QED) is 0.786. The van der Waals surface area contributed by atoms with Crippen LogP contribution in [0.3, 0.4) is 0 Å². The number of hydrogen-bond acceptors (Lipinski definition) is 4. The van der Waals surface area contributed by atoms with Crippen LogP contribution in [0.5, 0.6) is 0 Å². The second-order valence-electron chi connectivity index (χ2n) is 3.05. The third-order valence-electron chi connectivity index (χ3n) is 1.92. The Bertz CT molecular complexity index is 513. The molecule has 0 fully saturated rings. The Balaban J connectivity index is 2.21. The van der Waals surface area contributed by atoms with Crippen LogP contribution in [0.2, 0.25) is 0 Å². The summed E-state index contributed by atoms with van der Waals surface area (Å²) in [6.45, 7) is 0. The summed E-state index contributed by atoms with van der Waals surface area (Å²) in [5.41, 5.74) is 7.72. The summed E-state index contributed by atoms with van der Waals surface area (Å²) < 4.78 is 12.9. The third kappa shape index (κ3) is 2.17. The molecule has 3 N–H and O–H groups in total. The minimum atomic E-state index is -0.450. The molecule has 2 rings (SSSR count). The fourth-order valence-corrected chi connectivity index (χ4v) is 1.66. The number of carbonyl (C=O) groups is 1. The van der Waals surface area contributed by atoms with Crippen molar-refractivity contribution in [2.45, 2.75) is 0 Å². The Kier molecular flexibility index (Phi) is 2.82. The largest absolute Gasteiger partial charge is 0.397 e. The summed E-state index contributed by atoms with van der Waals surface area (Å²) in [5, 5.41) is 2.52. The average Bonchev–Trinajstić information content (AvgIpc) is 2.76. The first-order valence-corrected chi connectivity index (χ1v) is 5.29. The number of nitrogens with two attached hydrogens (primary N) is 1. The molecule has 0 saturated carbocycles. The summed E-state index contributed by atoms with van der Waals surface area (Å²) in [6, 6.07) is 3.81. The van der Waals surface area contributed by atoms with Crippen LogP contribution in [0.1, 0.15) is 9.67 Å². The van der Waals surface area contributed by atoms with Gasteiger partial charge >= 0.3 is 0 Å². The van der Waals surface area contributed by atoms with Gasteiger partial charge in [-0.2, -0.15) is 0 Å². The summed E-state index contributed by atoms with van der Waals surface area (Å²) >= 11 is 1.20. The molecule has 0 unspecified atom stereocenters. The lowest BCUT2D eigenvalue weighted by atomic mass is 10.2. The highest BCUT2D eigenvalue weighted by Crippen LogP contribution is 2.20. The number of nitrogen functional groups attached to an aromatic ring is 1. The molecule has 0 atom stereocenters. The molecule has 0 saturated heterocycles. The molecule has 0 spiro atoms. The molecule has 0 aliphatic heterocycles. The lowest BCUT2D eigenvalue weighted by Crippen LogP contribution is -2.11. The van der Waals surface area contributed by atoms with E-state index in [1.807, 2.05) is 0 Å². The smallest absolute Gasteiger partial charge is 0.267 e. The van der Waals surface area contributed by atoms with Crippen molar-refractivity contribution >= 4 is 28.6 Å². The van der Waals surface area contributed by atoms with E-state index in [2.05, 4.69) is 10.3 Å². The van der Waals surface area contributed by atoms with Crippen molar-refractivity contribution < 1.29 is 9.18 Å². The highest BCUT2D eigenvalue weighted by atomic mass is 32.1. The van der Waals surface area contributed by atoms with E-state index in [4.69, 9.17) is 5.73 Å². The van der Waals surface area contributed by atoms with Gasteiger partial charge in [0.05, 0.1) is 23.1 Å². The van der Waals surface area contributed by atoms with Crippen LogP contribution in [0.25, 0.3) is 0 Å². The molecule has 1 aromatic carbocycles. The number of anilines is 2. The van der Waals surface area contributed by atoms with Crippen molar-refractivity contribution in [2.75, 3.05) is 11.1 Å². The van der Waals surface area contributed by atoms with Crippen LogP contribution in [0.4, 0.5) is 15.8 Å². The van der Waals surface area contributed by atoms with Gasteiger partial charge in [0.1, 0.15) is 10.7 Å². The zero-order chi connectivity index (χ0) is 11.5. The molecule has 0 bridgehead atoms. The first kappa shape index (κ1) is 10.6. The van der Waals surface area contributed by atoms with Crippen molar-refractivity contribution in [3.8, 4) is 0 Å². The minimum absolute atomic E-state index is 0.262. The van der Waals surface area contributed by atoms with Crippen LogP contribution in [0, 0.1) is 5.82 Å². The zero-order valence-electron chi connectivity index (χ0n) is 8.11. The Labute approximate surface area is 94.9 Å². The molecule has 1 heterocycles. The van der Waals surface area contributed by atoms with E-state index >= 15 is 0 Å². The average molecular weight is 237 g/mol. The molecule has 16 heavy (non-hydrogen) atoms. The first-order valence-electron chi connectivity index (χ1n) is 4.41. The van der Waals surface area contributed by atoms with Gasteiger partial charge in [-0.05, 0) is 18.2 Å². The standard InChI is InChI=1S/C10H8FN3OS/c11-6-1-2-7(12)8(3-6)14-10(15)9-4-13-5-16-9/h1-5H,12H2,(H,14,15). The van der Waals surface area contributed by atoms with Crippen LogP contribution in [-0.2, 0) is 0 Å². The van der Waals surface area contributed by atoms with Gasteiger partial charge in [-0.25, -0.2) is 4.39 Å². The number of thiazole rings is 1. The molecule has 0 aliphatic carbocycles. The molecule has 0 aliphatic rings. The number of nitrogens with zero attached hydrogens (tertiary/aromatic N) is 1. The summed E-state index contributed by atoms with van der Waals surface area (Å²) in [5.74, 6) is -0.798. The fraction of sp³-hybridized carbons (Fsp3) is 0. The molecule has 1 amide bonds. The van der Waals surface area contributed by atoms with E-state index in [1.54, 1.807) is 5.51 Å². The van der Waals surface area contributed by atoms with Crippen LogP contribution >= 0.6 is 11.3 Å². The predicted octanol–water partition coefficient (Wildman–Crippen LogP) is 2.12. The second kappa shape index (κ2) is 4.28. The highest BCUT2D eigenvalue weighted by Gasteiger charge is 2.09. The summed E-state index contributed by atoms with van der Waals surface area (Å²) in [4.78, 5) is 15.8. The molecular formula is C10H8FN3OS. The van der Waals surface area contributed by atoms with E-state index < -0.39 is 5.82 Å². The number of benzene rings is 1. The van der Waals surface area contributed by atoms with Crippen molar-refractivity contribution in [1.29, 1.82) is 0 Å². The number of amides is 1. The molecule has 0 radical (unpaired) electrons. The van der Waals surface area contributed by atoms with Gasteiger partial charge in [0, 0.05) is 0 Å². The second-order valence-corrected chi connectivity index (χ2v) is 3.94. The van der Waals surface area contributed by atoms with Gasteiger partial charge in [-0.15, -0.1) is 11.3 Å². The maximum absolute atomic E-state index is 12.9. The Morgan fingerprint density at radius 3 is 3.00 bits per heavy atom. The van der Waals surface area contributed by atoms with Gasteiger partial charge in [-0.1, -0.05) is 0 Å². The maximum Gasteiger partial charge on any atom is 0.267 e. The van der Waals surface area contributed by atoms with Crippen molar-refractivity contribution in [1.82, 2.24) is 4.98 Å². The number of rotatable bonds is 2. The van der Waals surface area contributed by atoms with E-state index in [1.165, 1.54) is 35.7 Å². The lowest BCUT2D eigenvalue weighted by Gasteiger charge is -2.06. The highest BCUT2D eigenvalue weighted by molar-refractivity contribution is 7.11. The van der Waals surface area contributed by atoms with Crippen molar-refractivity contribution in [3.63, 3.8) is 0 Å². The molecular weight excluding hydrogens is 229 g/mol. The van der Waals surface area contributed by atoms with Gasteiger partial charge in [0.2, 0.25) is 0 Å². The van der Waals surface area contributed by atoms with Crippen LogP contribution in [-0.4, -0.2) is 10.9 Å². The Morgan fingerprint density at radius 1 is 1.50 bits per heavy atom. The van der Waals surface area contributed by atoms with Gasteiger partial charge in [0.25, 0.3) is 5.91 Å². The maximum atomic E-state index is 12.9. The van der Waals surface area contributed by atoms with E-state index in [-0.39, 0.29) is 11.6 Å². The normalized spacial score (nSPS) is 10.1. The summed E-state index contributed by atoms with van der Waals surface area (Å²) in [6.07, 6.45) is 1.44. The topological polar surface area (TPSA) is 68.0 Å².